The molecule has 1 heterocycles. The molecule has 0 unspecified atom stereocenters. The quantitative estimate of drug-likeness (QED) is 0.476. The summed E-state index contributed by atoms with van der Waals surface area (Å²) in [6.45, 7) is 0. The first-order valence-corrected chi connectivity index (χ1v) is 8.15. The van der Waals surface area contributed by atoms with Gasteiger partial charge in [-0.15, -0.1) is 0 Å². The summed E-state index contributed by atoms with van der Waals surface area (Å²) in [5, 5.41) is 2.81. The van der Waals surface area contributed by atoms with Gasteiger partial charge < -0.3 is 0 Å². The van der Waals surface area contributed by atoms with Crippen LogP contribution in [0.15, 0.2) is 48.0 Å². The van der Waals surface area contributed by atoms with E-state index in [1.165, 1.54) is 23.1 Å². The summed E-state index contributed by atoms with van der Waals surface area (Å²) in [5.41, 5.74) is 0.724. The number of anilines is 1. The number of carbonyl (C=O) groups is 2. The van der Waals surface area contributed by atoms with Gasteiger partial charge in [0.2, 0.25) is 0 Å². The third kappa shape index (κ3) is 3.56. The van der Waals surface area contributed by atoms with Gasteiger partial charge in [0.25, 0.3) is 11.8 Å². The Morgan fingerprint density at radius 3 is 2.40 bits per heavy atom. The standard InChI is InChI=1S/C17H9Cl2FN2O2S/c18-10-2-4-11(5-3-10)22-16(24)12(15(23)21-17(22)25)7-9-1-6-14(20)13(19)8-9/h1-8H,(H,21,23,25)/b12-7+. The Hall–Kier alpha value is -2.28. The van der Waals surface area contributed by atoms with E-state index in [0.29, 0.717) is 16.3 Å². The number of nitrogens with one attached hydrogen (secondary N) is 1. The number of nitrogens with zero attached hydrogens (tertiary/aromatic N) is 1. The Balaban J connectivity index is 2.01. The van der Waals surface area contributed by atoms with Crippen molar-refractivity contribution >= 4 is 64.1 Å². The summed E-state index contributed by atoms with van der Waals surface area (Å²) in [7, 11) is 0. The summed E-state index contributed by atoms with van der Waals surface area (Å²) < 4.78 is 13.3. The summed E-state index contributed by atoms with van der Waals surface area (Å²) >= 11 is 16.7. The van der Waals surface area contributed by atoms with Crippen LogP contribution in [0.25, 0.3) is 6.08 Å². The third-order valence-electron chi connectivity index (χ3n) is 3.44. The predicted molar refractivity (Wildman–Crippen MR) is 99.1 cm³/mol. The Morgan fingerprint density at radius 2 is 1.76 bits per heavy atom. The smallest absolute Gasteiger partial charge is 0.270 e. The van der Waals surface area contributed by atoms with Crippen LogP contribution in [-0.4, -0.2) is 16.9 Å². The fourth-order valence-corrected chi connectivity index (χ4v) is 2.85. The van der Waals surface area contributed by atoms with Crippen molar-refractivity contribution < 1.29 is 14.0 Å². The van der Waals surface area contributed by atoms with E-state index in [2.05, 4.69) is 5.32 Å². The second kappa shape index (κ2) is 6.92. The molecule has 0 aromatic heterocycles. The second-order valence-electron chi connectivity index (χ2n) is 5.11. The number of hydrogen-bond acceptors (Lipinski definition) is 3. The molecule has 3 rings (SSSR count). The maximum absolute atomic E-state index is 13.3. The zero-order chi connectivity index (χ0) is 18.1. The lowest BCUT2D eigenvalue weighted by Gasteiger charge is -2.28. The molecule has 1 aliphatic heterocycles. The van der Waals surface area contributed by atoms with Crippen molar-refractivity contribution in [3.8, 4) is 0 Å². The molecule has 2 aromatic carbocycles. The van der Waals surface area contributed by atoms with Gasteiger partial charge in [-0.2, -0.15) is 0 Å². The average molecular weight is 395 g/mol. The molecule has 0 atom stereocenters. The number of halogens is 3. The van der Waals surface area contributed by atoms with Crippen LogP contribution in [0.3, 0.4) is 0 Å². The van der Waals surface area contributed by atoms with Crippen molar-refractivity contribution in [3.05, 3.63) is 69.5 Å². The Bertz CT molecular complexity index is 929. The highest BCUT2D eigenvalue weighted by atomic mass is 35.5. The van der Waals surface area contributed by atoms with Crippen molar-refractivity contribution in [1.29, 1.82) is 0 Å². The van der Waals surface area contributed by atoms with Gasteiger partial charge in [0.05, 0.1) is 10.7 Å². The van der Waals surface area contributed by atoms with E-state index >= 15 is 0 Å². The van der Waals surface area contributed by atoms with Crippen LogP contribution in [0.5, 0.6) is 0 Å². The molecule has 25 heavy (non-hydrogen) atoms. The SMILES string of the molecule is O=C1NC(=S)N(c2ccc(Cl)cc2)C(=O)/C1=C/c1ccc(F)c(Cl)c1. The van der Waals surface area contributed by atoms with E-state index < -0.39 is 17.6 Å². The van der Waals surface area contributed by atoms with Crippen molar-refractivity contribution in [2.45, 2.75) is 0 Å². The Kier molecular flexibility index (Phi) is 4.85. The molecular weight excluding hydrogens is 386 g/mol. The highest BCUT2D eigenvalue weighted by Crippen LogP contribution is 2.24. The third-order valence-corrected chi connectivity index (χ3v) is 4.27. The molecule has 126 valence electrons. The van der Waals surface area contributed by atoms with E-state index in [1.807, 2.05) is 0 Å². The molecule has 1 N–H and O–H groups in total. The molecule has 1 saturated heterocycles. The van der Waals surface area contributed by atoms with Crippen LogP contribution in [0.1, 0.15) is 5.56 Å². The van der Waals surface area contributed by atoms with Gasteiger partial charge in [0.15, 0.2) is 5.11 Å². The number of thiocarbonyl (C=S) groups is 1. The van der Waals surface area contributed by atoms with E-state index in [-0.39, 0.29) is 15.7 Å². The lowest BCUT2D eigenvalue weighted by Crippen LogP contribution is -2.54. The van der Waals surface area contributed by atoms with E-state index in [9.17, 15) is 14.0 Å². The van der Waals surface area contributed by atoms with E-state index in [0.717, 1.165) is 6.07 Å². The van der Waals surface area contributed by atoms with Gasteiger partial charge in [0, 0.05) is 5.02 Å². The van der Waals surface area contributed by atoms with Gasteiger partial charge in [-0.05, 0) is 60.3 Å². The van der Waals surface area contributed by atoms with Crippen molar-refractivity contribution in [2.24, 2.45) is 0 Å². The van der Waals surface area contributed by atoms with Crippen LogP contribution in [0.4, 0.5) is 10.1 Å². The fourth-order valence-electron chi connectivity index (χ4n) is 2.25. The number of rotatable bonds is 2. The first-order valence-electron chi connectivity index (χ1n) is 6.99. The molecule has 0 saturated carbocycles. The number of benzene rings is 2. The van der Waals surface area contributed by atoms with Crippen LogP contribution in [0.2, 0.25) is 10.0 Å². The highest BCUT2D eigenvalue weighted by Gasteiger charge is 2.34. The van der Waals surface area contributed by atoms with Crippen LogP contribution >= 0.6 is 35.4 Å². The fraction of sp³-hybridized carbons (Fsp3) is 0. The molecule has 0 spiro atoms. The van der Waals surface area contributed by atoms with Gasteiger partial charge in [-0.1, -0.05) is 29.3 Å². The molecular formula is C17H9Cl2FN2O2S. The van der Waals surface area contributed by atoms with Crippen molar-refractivity contribution in [3.63, 3.8) is 0 Å². The number of amides is 2. The summed E-state index contributed by atoms with van der Waals surface area (Å²) in [6.07, 6.45) is 1.33. The second-order valence-corrected chi connectivity index (χ2v) is 6.34. The van der Waals surface area contributed by atoms with Gasteiger partial charge in [-0.25, -0.2) is 4.39 Å². The monoisotopic (exact) mass is 394 g/mol. The Morgan fingerprint density at radius 1 is 1.08 bits per heavy atom. The summed E-state index contributed by atoms with van der Waals surface area (Å²) in [5.74, 6) is -1.83. The molecule has 8 heteroatoms. The minimum atomic E-state index is -0.638. The van der Waals surface area contributed by atoms with Crippen molar-refractivity contribution in [2.75, 3.05) is 4.90 Å². The van der Waals surface area contributed by atoms with Crippen LogP contribution in [-0.2, 0) is 9.59 Å². The zero-order valence-electron chi connectivity index (χ0n) is 12.4. The molecule has 0 bridgehead atoms. The lowest BCUT2D eigenvalue weighted by molar-refractivity contribution is -0.122. The predicted octanol–water partition coefficient (Wildman–Crippen LogP) is 3.96. The highest BCUT2D eigenvalue weighted by molar-refractivity contribution is 7.80. The molecule has 1 fully saturated rings. The Labute approximate surface area is 157 Å². The van der Waals surface area contributed by atoms with Gasteiger partial charge in [-0.3, -0.25) is 19.8 Å². The van der Waals surface area contributed by atoms with Crippen LogP contribution in [0, 0.1) is 5.82 Å². The topological polar surface area (TPSA) is 49.4 Å². The average Bonchev–Trinajstić information content (AvgIpc) is 2.56. The van der Waals surface area contributed by atoms with Crippen LogP contribution < -0.4 is 10.2 Å². The minimum absolute atomic E-state index is 0.0355. The molecule has 2 aromatic rings. The minimum Gasteiger partial charge on any atom is -0.298 e. The van der Waals surface area contributed by atoms with Gasteiger partial charge >= 0.3 is 0 Å². The van der Waals surface area contributed by atoms with E-state index in [4.69, 9.17) is 35.4 Å². The lowest BCUT2D eigenvalue weighted by atomic mass is 10.1. The number of carbonyl (C=O) groups excluding carboxylic acids is 2. The largest absolute Gasteiger partial charge is 0.298 e. The van der Waals surface area contributed by atoms with Crippen molar-refractivity contribution in [1.82, 2.24) is 5.32 Å². The molecule has 2 amide bonds. The van der Waals surface area contributed by atoms with Gasteiger partial charge in [0.1, 0.15) is 11.4 Å². The molecule has 0 aliphatic carbocycles. The number of hydrogen-bond donors (Lipinski definition) is 1. The summed E-state index contributed by atoms with van der Waals surface area (Å²) in [4.78, 5) is 26.1. The zero-order valence-corrected chi connectivity index (χ0v) is 14.8. The summed E-state index contributed by atoms with van der Waals surface area (Å²) in [6, 6.07) is 10.3. The maximum atomic E-state index is 13.3. The molecule has 1 aliphatic rings. The molecule has 4 nitrogen and oxygen atoms in total. The molecule has 0 radical (unpaired) electrons. The first-order chi connectivity index (χ1) is 11.9. The van der Waals surface area contributed by atoms with E-state index in [1.54, 1.807) is 24.3 Å². The maximum Gasteiger partial charge on any atom is 0.270 e. The first kappa shape index (κ1) is 17.5. The normalized spacial score (nSPS) is 16.4.